The van der Waals surface area contributed by atoms with Gasteiger partial charge in [-0.25, -0.2) is 4.79 Å². The van der Waals surface area contributed by atoms with E-state index in [0.717, 1.165) is 29.3 Å². The number of ether oxygens (including phenoxy) is 2. The number of amides is 1. The van der Waals surface area contributed by atoms with Crippen molar-refractivity contribution in [2.75, 3.05) is 13.7 Å². The average Bonchev–Trinajstić information content (AvgIpc) is 3.13. The maximum Gasteiger partial charge on any atom is 0.326 e. The highest BCUT2D eigenvalue weighted by Crippen LogP contribution is 2.33. The highest BCUT2D eigenvalue weighted by molar-refractivity contribution is 5.93. The van der Waals surface area contributed by atoms with Gasteiger partial charge in [0.1, 0.15) is 0 Å². The second-order valence-electron chi connectivity index (χ2n) is 7.71. The number of nitrogens with zero attached hydrogens (tertiary/aromatic N) is 1. The van der Waals surface area contributed by atoms with Crippen LogP contribution in [0.15, 0.2) is 54.7 Å². The first-order valence-electron chi connectivity index (χ1n) is 10.2. The number of benzene rings is 2. The van der Waals surface area contributed by atoms with Gasteiger partial charge in [0.25, 0.3) is 0 Å². The molecule has 0 aliphatic carbocycles. The monoisotopic (exact) mass is 394 g/mol. The normalized spacial score (nSPS) is 12.2. The zero-order valence-electron chi connectivity index (χ0n) is 17.6. The second kappa shape index (κ2) is 9.50. The van der Waals surface area contributed by atoms with Gasteiger partial charge < -0.3 is 14.8 Å². The van der Waals surface area contributed by atoms with Crippen LogP contribution in [0.4, 0.5) is 4.79 Å². The van der Waals surface area contributed by atoms with Gasteiger partial charge in [0.05, 0.1) is 25.3 Å². The SMILES string of the molecule is COc1cc2ccn(C(=O)N[C@@H](C)c3ccccc3)c2cc1OCCCC(C)C. The average molecular weight is 395 g/mol. The predicted molar refractivity (Wildman–Crippen MR) is 117 cm³/mol. The molecule has 0 unspecified atom stereocenters. The Labute approximate surface area is 172 Å². The van der Waals surface area contributed by atoms with Crippen LogP contribution >= 0.6 is 0 Å². The number of hydrogen-bond acceptors (Lipinski definition) is 3. The summed E-state index contributed by atoms with van der Waals surface area (Å²) in [6.07, 6.45) is 3.87. The van der Waals surface area contributed by atoms with Gasteiger partial charge in [0, 0.05) is 17.6 Å². The molecular weight excluding hydrogens is 364 g/mol. The lowest BCUT2D eigenvalue weighted by Crippen LogP contribution is -2.30. The lowest BCUT2D eigenvalue weighted by Gasteiger charge is -2.16. The first-order chi connectivity index (χ1) is 14.0. The molecule has 0 saturated carbocycles. The second-order valence-corrected chi connectivity index (χ2v) is 7.71. The minimum Gasteiger partial charge on any atom is -0.493 e. The summed E-state index contributed by atoms with van der Waals surface area (Å²) in [7, 11) is 1.63. The predicted octanol–water partition coefficient (Wildman–Crippen LogP) is 5.78. The Morgan fingerprint density at radius 3 is 2.52 bits per heavy atom. The zero-order chi connectivity index (χ0) is 20.8. The summed E-state index contributed by atoms with van der Waals surface area (Å²) < 4.78 is 13.1. The lowest BCUT2D eigenvalue weighted by molar-refractivity contribution is 0.240. The van der Waals surface area contributed by atoms with E-state index in [2.05, 4.69) is 19.2 Å². The topological polar surface area (TPSA) is 52.5 Å². The Morgan fingerprint density at radius 2 is 1.83 bits per heavy atom. The minimum atomic E-state index is -0.174. The largest absolute Gasteiger partial charge is 0.493 e. The highest BCUT2D eigenvalue weighted by Gasteiger charge is 2.16. The summed E-state index contributed by atoms with van der Waals surface area (Å²) in [4.78, 5) is 12.9. The van der Waals surface area contributed by atoms with Crippen LogP contribution in [-0.4, -0.2) is 24.3 Å². The van der Waals surface area contributed by atoms with E-state index in [1.165, 1.54) is 0 Å². The molecule has 1 atom stereocenters. The lowest BCUT2D eigenvalue weighted by atomic mass is 10.1. The number of rotatable bonds is 8. The van der Waals surface area contributed by atoms with E-state index in [-0.39, 0.29) is 12.1 Å². The van der Waals surface area contributed by atoms with Crippen LogP contribution in [0.3, 0.4) is 0 Å². The third-order valence-electron chi connectivity index (χ3n) is 5.02. The first-order valence-corrected chi connectivity index (χ1v) is 10.2. The Bertz CT molecular complexity index is 947. The fourth-order valence-electron chi connectivity index (χ4n) is 3.35. The van der Waals surface area contributed by atoms with E-state index in [1.54, 1.807) is 17.9 Å². The van der Waals surface area contributed by atoms with E-state index in [4.69, 9.17) is 9.47 Å². The van der Waals surface area contributed by atoms with E-state index in [9.17, 15) is 4.79 Å². The number of fused-ring (bicyclic) bond motifs is 1. The molecular formula is C24H30N2O3. The van der Waals surface area contributed by atoms with E-state index in [1.807, 2.05) is 55.5 Å². The molecule has 0 aliphatic heterocycles. The van der Waals surface area contributed by atoms with Crippen molar-refractivity contribution in [1.82, 2.24) is 9.88 Å². The molecule has 0 bridgehead atoms. The fraction of sp³-hybridized carbons (Fsp3) is 0.375. The van der Waals surface area contributed by atoms with Crippen molar-refractivity contribution in [2.45, 2.75) is 39.7 Å². The van der Waals surface area contributed by atoms with Gasteiger partial charge in [-0.2, -0.15) is 0 Å². The zero-order valence-corrected chi connectivity index (χ0v) is 17.6. The Hall–Kier alpha value is -2.95. The molecule has 1 heterocycles. The fourth-order valence-corrected chi connectivity index (χ4v) is 3.35. The van der Waals surface area contributed by atoms with Crippen molar-refractivity contribution in [1.29, 1.82) is 0 Å². The van der Waals surface area contributed by atoms with Crippen molar-refractivity contribution >= 4 is 16.9 Å². The summed E-state index contributed by atoms with van der Waals surface area (Å²) in [5.41, 5.74) is 1.86. The number of hydrogen-bond donors (Lipinski definition) is 1. The number of carbonyl (C=O) groups is 1. The van der Waals surface area contributed by atoms with Gasteiger partial charge >= 0.3 is 6.03 Å². The molecule has 1 amide bonds. The molecule has 0 aliphatic rings. The van der Waals surface area contributed by atoms with Crippen molar-refractivity contribution in [3.63, 3.8) is 0 Å². The maximum absolute atomic E-state index is 12.9. The summed E-state index contributed by atoms with van der Waals surface area (Å²) in [6, 6.07) is 15.4. The maximum atomic E-state index is 12.9. The molecule has 154 valence electrons. The van der Waals surface area contributed by atoms with E-state index < -0.39 is 0 Å². The number of nitrogens with one attached hydrogen (secondary N) is 1. The minimum absolute atomic E-state index is 0.0915. The summed E-state index contributed by atoms with van der Waals surface area (Å²) in [6.45, 7) is 7.01. The van der Waals surface area contributed by atoms with Crippen molar-refractivity contribution in [3.8, 4) is 11.5 Å². The van der Waals surface area contributed by atoms with Crippen molar-refractivity contribution < 1.29 is 14.3 Å². The molecule has 5 nitrogen and oxygen atoms in total. The Morgan fingerprint density at radius 1 is 1.07 bits per heavy atom. The van der Waals surface area contributed by atoms with Crippen LogP contribution in [0, 0.1) is 5.92 Å². The molecule has 0 spiro atoms. The smallest absolute Gasteiger partial charge is 0.326 e. The highest BCUT2D eigenvalue weighted by atomic mass is 16.5. The quantitative estimate of drug-likeness (QED) is 0.493. The van der Waals surface area contributed by atoms with Crippen LogP contribution in [-0.2, 0) is 0 Å². The van der Waals surface area contributed by atoms with E-state index >= 15 is 0 Å². The Balaban J connectivity index is 1.79. The van der Waals surface area contributed by atoms with Crippen LogP contribution < -0.4 is 14.8 Å². The van der Waals surface area contributed by atoms with Crippen molar-refractivity contribution in [3.05, 3.63) is 60.3 Å². The van der Waals surface area contributed by atoms with Crippen LogP contribution in [0.2, 0.25) is 0 Å². The molecule has 2 aromatic carbocycles. The van der Waals surface area contributed by atoms with Crippen LogP contribution in [0.25, 0.3) is 10.9 Å². The van der Waals surface area contributed by atoms with E-state index in [0.29, 0.717) is 24.0 Å². The summed E-state index contributed by atoms with van der Waals surface area (Å²) in [5.74, 6) is 1.99. The third-order valence-corrected chi connectivity index (χ3v) is 5.02. The van der Waals surface area contributed by atoms with Gasteiger partial charge in [-0.05, 0) is 43.4 Å². The summed E-state index contributed by atoms with van der Waals surface area (Å²) in [5, 5.41) is 3.99. The van der Waals surface area contributed by atoms with Gasteiger partial charge in [0.15, 0.2) is 11.5 Å². The molecule has 0 fully saturated rings. The number of methoxy groups -OCH3 is 1. The molecule has 0 saturated heterocycles. The molecule has 29 heavy (non-hydrogen) atoms. The standard InChI is InChI=1S/C24H30N2O3/c1-17(2)9-8-14-29-23-16-21-20(15-22(23)28-4)12-13-26(21)24(27)25-18(3)19-10-6-5-7-11-19/h5-7,10-13,15-18H,8-9,14H2,1-4H3,(H,25,27)/t18-/m0/s1. The molecule has 5 heteroatoms. The molecule has 0 radical (unpaired) electrons. The summed E-state index contributed by atoms with van der Waals surface area (Å²) >= 11 is 0. The Kier molecular flexibility index (Phi) is 6.81. The molecule has 3 rings (SSSR count). The van der Waals surface area contributed by atoms with Gasteiger partial charge in [0.2, 0.25) is 0 Å². The van der Waals surface area contributed by atoms with Gasteiger partial charge in [-0.1, -0.05) is 44.2 Å². The number of carbonyl (C=O) groups excluding carboxylic acids is 1. The molecule has 1 N–H and O–H groups in total. The molecule has 1 aromatic heterocycles. The number of aromatic nitrogens is 1. The molecule has 3 aromatic rings. The van der Waals surface area contributed by atoms with Crippen molar-refractivity contribution in [2.24, 2.45) is 5.92 Å². The van der Waals surface area contributed by atoms with Gasteiger partial charge in [-0.15, -0.1) is 0 Å². The van der Waals surface area contributed by atoms with Gasteiger partial charge in [-0.3, -0.25) is 4.57 Å². The third kappa shape index (κ3) is 5.11. The van der Waals surface area contributed by atoms with Crippen LogP contribution in [0.1, 0.15) is 45.2 Å². The van der Waals surface area contributed by atoms with Crippen LogP contribution in [0.5, 0.6) is 11.5 Å². The first kappa shape index (κ1) is 20.8.